The van der Waals surface area contributed by atoms with Gasteiger partial charge in [-0.25, -0.2) is 4.98 Å². The minimum absolute atomic E-state index is 0.135. The van der Waals surface area contributed by atoms with Crippen LogP contribution in [0.25, 0.3) is 10.2 Å². The zero-order valence-corrected chi connectivity index (χ0v) is 16.7. The van der Waals surface area contributed by atoms with Gasteiger partial charge < -0.3 is 5.32 Å². The Kier molecular flexibility index (Phi) is 6.17. The highest BCUT2D eigenvalue weighted by molar-refractivity contribution is 7.18. The van der Waals surface area contributed by atoms with E-state index in [4.69, 9.17) is 0 Å². The normalized spacial score (nSPS) is 11.8. The number of Topliss-reactive ketones (excluding diaryl/α,β-unsaturated/α-hetero) is 1. The molecule has 3 aromatic rings. The molecule has 0 spiro atoms. The summed E-state index contributed by atoms with van der Waals surface area (Å²) in [6, 6.07) is 15.4. The van der Waals surface area contributed by atoms with Crippen molar-refractivity contribution in [3.05, 3.63) is 58.6 Å². The number of nitrogens with one attached hydrogen (secondary N) is 1. The van der Waals surface area contributed by atoms with Gasteiger partial charge in [0.05, 0.1) is 16.3 Å². The summed E-state index contributed by atoms with van der Waals surface area (Å²) < 4.78 is 0.957. The van der Waals surface area contributed by atoms with E-state index in [2.05, 4.69) is 16.4 Å². The third-order valence-electron chi connectivity index (χ3n) is 4.63. The Bertz CT molecular complexity index is 1030. The number of hydrogen-bond acceptors (Lipinski definition) is 5. The van der Waals surface area contributed by atoms with E-state index < -0.39 is 5.92 Å². The topological polar surface area (TPSA) is 82.9 Å². The van der Waals surface area contributed by atoms with Crippen molar-refractivity contribution in [2.24, 2.45) is 0 Å². The van der Waals surface area contributed by atoms with Crippen molar-refractivity contribution in [3.8, 4) is 6.07 Å². The number of nitriles is 1. The van der Waals surface area contributed by atoms with Crippen LogP contribution in [0.2, 0.25) is 0 Å². The minimum atomic E-state index is -0.875. The standard InChI is InChI=1S/C22H21N3O2S/c1-14-10-11-16(12-15(14)2)24-21(27)9-5-7-19(26)17(13-23)22-25-18-6-3-4-8-20(18)28-22/h3-4,6,8,10-12,17H,5,7,9H2,1-2H3,(H,24,27)/t17-/m1/s1. The Hall–Kier alpha value is -3.04. The maximum absolute atomic E-state index is 12.5. The lowest BCUT2D eigenvalue weighted by molar-refractivity contribution is -0.119. The highest BCUT2D eigenvalue weighted by Gasteiger charge is 2.23. The number of hydrogen-bond donors (Lipinski definition) is 1. The maximum atomic E-state index is 12.5. The van der Waals surface area contributed by atoms with Crippen molar-refractivity contribution in [2.75, 3.05) is 5.32 Å². The third kappa shape index (κ3) is 4.62. The Labute approximate surface area is 168 Å². The van der Waals surface area contributed by atoms with Crippen LogP contribution in [0.1, 0.15) is 41.3 Å². The van der Waals surface area contributed by atoms with E-state index in [0.717, 1.165) is 21.5 Å². The molecule has 0 bridgehead atoms. The summed E-state index contributed by atoms with van der Waals surface area (Å²) in [5, 5.41) is 12.8. The van der Waals surface area contributed by atoms with Gasteiger partial charge in [-0.3, -0.25) is 9.59 Å². The fraction of sp³-hybridized carbons (Fsp3) is 0.273. The van der Waals surface area contributed by atoms with Crippen molar-refractivity contribution in [1.29, 1.82) is 5.26 Å². The van der Waals surface area contributed by atoms with E-state index in [-0.39, 0.29) is 24.5 Å². The number of para-hydroxylation sites is 1. The zero-order valence-electron chi connectivity index (χ0n) is 15.9. The second-order valence-electron chi connectivity index (χ2n) is 6.75. The molecular weight excluding hydrogens is 370 g/mol. The number of aryl methyl sites for hydroxylation is 2. The molecule has 0 aliphatic rings. The van der Waals surface area contributed by atoms with E-state index in [1.165, 1.54) is 16.9 Å². The molecule has 1 heterocycles. The van der Waals surface area contributed by atoms with Crippen LogP contribution in [0.3, 0.4) is 0 Å². The lowest BCUT2D eigenvalue weighted by Crippen LogP contribution is -2.14. The predicted octanol–water partition coefficient (Wildman–Crippen LogP) is 4.90. The van der Waals surface area contributed by atoms with Crippen LogP contribution in [0.5, 0.6) is 0 Å². The molecule has 3 rings (SSSR count). The number of carbonyl (C=O) groups is 2. The van der Waals surface area contributed by atoms with Crippen molar-refractivity contribution >= 4 is 38.9 Å². The molecule has 0 radical (unpaired) electrons. The largest absolute Gasteiger partial charge is 0.326 e. The smallest absolute Gasteiger partial charge is 0.224 e. The van der Waals surface area contributed by atoms with Gasteiger partial charge in [0.15, 0.2) is 11.7 Å². The molecule has 1 aromatic heterocycles. The van der Waals surface area contributed by atoms with Crippen molar-refractivity contribution in [2.45, 2.75) is 39.0 Å². The van der Waals surface area contributed by atoms with E-state index >= 15 is 0 Å². The van der Waals surface area contributed by atoms with Crippen LogP contribution in [0, 0.1) is 25.2 Å². The van der Waals surface area contributed by atoms with Crippen LogP contribution in [0.4, 0.5) is 5.69 Å². The van der Waals surface area contributed by atoms with E-state index in [1.54, 1.807) is 0 Å². The van der Waals surface area contributed by atoms with Gasteiger partial charge in [0.2, 0.25) is 5.91 Å². The highest BCUT2D eigenvalue weighted by atomic mass is 32.1. The number of fused-ring (bicyclic) bond motifs is 1. The highest BCUT2D eigenvalue weighted by Crippen LogP contribution is 2.28. The molecule has 5 nitrogen and oxygen atoms in total. The summed E-state index contributed by atoms with van der Waals surface area (Å²) in [7, 11) is 0. The Morgan fingerprint density at radius 3 is 2.64 bits per heavy atom. The SMILES string of the molecule is Cc1ccc(NC(=O)CCCC(=O)[C@@H](C#N)c2nc3ccccc3s2)cc1C. The molecule has 1 amide bonds. The molecule has 0 saturated carbocycles. The van der Waals surface area contributed by atoms with Gasteiger partial charge in [0, 0.05) is 18.5 Å². The van der Waals surface area contributed by atoms with E-state index in [9.17, 15) is 14.9 Å². The Morgan fingerprint density at radius 1 is 1.14 bits per heavy atom. The number of carbonyl (C=O) groups excluding carboxylic acids is 2. The number of anilines is 1. The number of aromatic nitrogens is 1. The van der Waals surface area contributed by atoms with Crippen LogP contribution in [-0.4, -0.2) is 16.7 Å². The fourth-order valence-electron chi connectivity index (χ4n) is 2.89. The summed E-state index contributed by atoms with van der Waals surface area (Å²) in [6.07, 6.45) is 0.809. The van der Waals surface area contributed by atoms with Gasteiger partial charge in [0.1, 0.15) is 5.01 Å². The first-order chi connectivity index (χ1) is 13.5. The molecule has 1 atom stereocenters. The van der Waals surface area contributed by atoms with Crippen molar-refractivity contribution in [3.63, 3.8) is 0 Å². The number of nitrogens with zero attached hydrogens (tertiary/aromatic N) is 2. The van der Waals surface area contributed by atoms with Crippen LogP contribution < -0.4 is 5.32 Å². The second-order valence-corrected chi connectivity index (χ2v) is 7.81. The van der Waals surface area contributed by atoms with Crippen LogP contribution >= 0.6 is 11.3 Å². The molecule has 0 fully saturated rings. The average Bonchev–Trinajstić information content (AvgIpc) is 3.09. The first-order valence-electron chi connectivity index (χ1n) is 9.13. The molecule has 0 aliphatic carbocycles. The van der Waals surface area contributed by atoms with Crippen molar-refractivity contribution in [1.82, 2.24) is 4.98 Å². The summed E-state index contributed by atoms with van der Waals surface area (Å²) in [6.45, 7) is 4.01. The first kappa shape index (κ1) is 19.7. The van der Waals surface area contributed by atoms with Gasteiger partial charge in [-0.15, -0.1) is 11.3 Å². The minimum Gasteiger partial charge on any atom is -0.326 e. The van der Waals surface area contributed by atoms with E-state index in [1.807, 2.05) is 56.3 Å². The molecular formula is C22H21N3O2S. The summed E-state index contributed by atoms with van der Waals surface area (Å²) >= 11 is 1.37. The van der Waals surface area contributed by atoms with Gasteiger partial charge in [-0.05, 0) is 55.7 Å². The lowest BCUT2D eigenvalue weighted by atomic mass is 10.0. The summed E-state index contributed by atoms with van der Waals surface area (Å²) in [5.41, 5.74) is 3.83. The molecule has 28 heavy (non-hydrogen) atoms. The first-order valence-corrected chi connectivity index (χ1v) is 9.94. The van der Waals surface area contributed by atoms with Gasteiger partial charge in [-0.2, -0.15) is 5.26 Å². The predicted molar refractivity (Wildman–Crippen MR) is 111 cm³/mol. The fourth-order valence-corrected chi connectivity index (χ4v) is 3.92. The van der Waals surface area contributed by atoms with Gasteiger partial charge >= 0.3 is 0 Å². The third-order valence-corrected chi connectivity index (χ3v) is 5.73. The quantitative estimate of drug-likeness (QED) is 0.621. The molecule has 6 heteroatoms. The average molecular weight is 391 g/mol. The molecule has 0 saturated heterocycles. The second kappa shape index (κ2) is 8.77. The van der Waals surface area contributed by atoms with Gasteiger partial charge in [-0.1, -0.05) is 18.2 Å². The summed E-state index contributed by atoms with van der Waals surface area (Å²) in [4.78, 5) is 29.0. The molecule has 0 unspecified atom stereocenters. The molecule has 1 N–H and O–H groups in total. The Morgan fingerprint density at radius 2 is 1.93 bits per heavy atom. The number of benzene rings is 2. The number of thiazole rings is 1. The van der Waals surface area contributed by atoms with E-state index in [0.29, 0.717) is 11.4 Å². The molecule has 142 valence electrons. The molecule has 0 aliphatic heterocycles. The maximum Gasteiger partial charge on any atom is 0.224 e. The van der Waals surface area contributed by atoms with Crippen LogP contribution in [0.15, 0.2) is 42.5 Å². The summed E-state index contributed by atoms with van der Waals surface area (Å²) in [5.74, 6) is -1.20. The molecule has 2 aromatic carbocycles. The zero-order chi connectivity index (χ0) is 20.1. The lowest BCUT2D eigenvalue weighted by Gasteiger charge is -2.08. The number of amides is 1. The Balaban J connectivity index is 1.54. The number of ketones is 1. The monoisotopic (exact) mass is 391 g/mol. The number of rotatable bonds is 7. The van der Waals surface area contributed by atoms with Crippen LogP contribution in [-0.2, 0) is 9.59 Å². The van der Waals surface area contributed by atoms with Gasteiger partial charge in [0.25, 0.3) is 0 Å². The van der Waals surface area contributed by atoms with Crippen molar-refractivity contribution < 1.29 is 9.59 Å².